The van der Waals surface area contributed by atoms with Crippen LogP contribution in [0, 0.1) is 0 Å². The highest BCUT2D eigenvalue weighted by Gasteiger charge is 2.35. The summed E-state index contributed by atoms with van der Waals surface area (Å²) in [5.74, 6) is 0. The van der Waals surface area contributed by atoms with Gasteiger partial charge >= 0.3 is 0 Å². The number of fused-ring (bicyclic) bond motifs is 1. The van der Waals surface area contributed by atoms with E-state index in [-0.39, 0.29) is 5.54 Å². The molecule has 138 valence electrons. The van der Waals surface area contributed by atoms with Crippen LogP contribution in [0.3, 0.4) is 0 Å². The van der Waals surface area contributed by atoms with Gasteiger partial charge < -0.3 is 10.6 Å². The maximum Gasteiger partial charge on any atom is 0.0863 e. The topological polar surface area (TPSA) is 41.6 Å². The lowest BCUT2D eigenvalue weighted by atomic mass is 9.81. The smallest absolute Gasteiger partial charge is 0.0863 e. The molecule has 0 aromatic heterocycles. The fourth-order valence-corrected chi connectivity index (χ4v) is 3.96. The highest BCUT2D eigenvalue weighted by molar-refractivity contribution is 5.88. The van der Waals surface area contributed by atoms with Gasteiger partial charge in [0.2, 0.25) is 0 Å². The predicted molar refractivity (Wildman–Crippen MR) is 113 cm³/mol. The Morgan fingerprint density at radius 3 is 2.35 bits per heavy atom. The van der Waals surface area contributed by atoms with Gasteiger partial charge in [0.25, 0.3) is 0 Å². The molecule has 0 saturated carbocycles. The molecule has 1 aliphatic heterocycles. The quantitative estimate of drug-likeness (QED) is 0.655. The van der Waals surface area contributed by atoms with Crippen LogP contribution in [0.25, 0.3) is 11.1 Å². The van der Waals surface area contributed by atoms with Gasteiger partial charge in [0.15, 0.2) is 0 Å². The van der Waals surface area contributed by atoms with E-state index in [0.29, 0.717) is 6.67 Å². The predicted octanol–water partition coefficient (Wildman–Crippen LogP) is 5.32. The minimum Gasteiger partial charge on any atom is -0.362 e. The first-order chi connectivity index (χ1) is 12.6. The first-order valence-electron chi connectivity index (χ1n) is 9.85. The second kappa shape index (κ2) is 8.05. The molecule has 0 amide bonds. The minimum absolute atomic E-state index is 0.00627. The van der Waals surface area contributed by atoms with Gasteiger partial charge in [0.05, 0.1) is 12.2 Å². The van der Waals surface area contributed by atoms with Crippen LogP contribution in [0.4, 0.5) is 5.69 Å². The third kappa shape index (κ3) is 3.54. The first kappa shape index (κ1) is 18.7. The minimum atomic E-state index is 0.00627. The molecule has 2 aromatic carbocycles. The van der Waals surface area contributed by atoms with E-state index in [1.54, 1.807) is 0 Å². The van der Waals surface area contributed by atoms with Crippen molar-refractivity contribution in [1.82, 2.24) is 0 Å². The fraction of sp³-hybridized carbons (Fsp3) is 0.435. The van der Waals surface area contributed by atoms with Crippen LogP contribution >= 0.6 is 0 Å². The molecule has 3 rings (SSSR count). The molecule has 0 saturated heterocycles. The molecule has 0 spiro atoms. The van der Waals surface area contributed by atoms with Gasteiger partial charge in [-0.15, -0.1) is 0 Å². The van der Waals surface area contributed by atoms with Crippen LogP contribution < -0.4 is 10.6 Å². The summed E-state index contributed by atoms with van der Waals surface area (Å²) in [7, 11) is 2.00. The number of anilines is 1. The summed E-state index contributed by atoms with van der Waals surface area (Å²) in [6, 6.07) is 15.5. The van der Waals surface area contributed by atoms with Crippen molar-refractivity contribution in [2.24, 2.45) is 10.7 Å². The molecule has 26 heavy (non-hydrogen) atoms. The molecule has 0 aliphatic carbocycles. The van der Waals surface area contributed by atoms with Crippen LogP contribution in [0.2, 0.25) is 0 Å². The van der Waals surface area contributed by atoms with Crippen LogP contribution in [0.15, 0.2) is 47.5 Å². The van der Waals surface area contributed by atoms with E-state index < -0.39 is 0 Å². The van der Waals surface area contributed by atoms with E-state index >= 15 is 0 Å². The second-order valence-electron chi connectivity index (χ2n) is 7.37. The van der Waals surface area contributed by atoms with E-state index in [4.69, 9.17) is 10.7 Å². The van der Waals surface area contributed by atoms with E-state index in [0.717, 1.165) is 18.5 Å². The van der Waals surface area contributed by atoms with Crippen molar-refractivity contribution in [2.75, 3.05) is 18.6 Å². The van der Waals surface area contributed by atoms with Crippen LogP contribution in [0.1, 0.15) is 57.1 Å². The van der Waals surface area contributed by atoms with Crippen LogP contribution in [-0.2, 0) is 5.54 Å². The summed E-state index contributed by atoms with van der Waals surface area (Å²) in [5.41, 5.74) is 12.0. The number of aliphatic imine (C=N–C) groups is 1. The maximum absolute atomic E-state index is 5.71. The van der Waals surface area contributed by atoms with Crippen molar-refractivity contribution in [2.45, 2.75) is 51.5 Å². The second-order valence-corrected chi connectivity index (χ2v) is 7.37. The lowest BCUT2D eigenvalue weighted by Crippen LogP contribution is -2.24. The molecule has 2 aromatic rings. The summed E-state index contributed by atoms with van der Waals surface area (Å²) in [6.07, 6.45) is 8.00. The lowest BCUT2D eigenvalue weighted by molar-refractivity contribution is 0.372. The average Bonchev–Trinajstić information content (AvgIpc) is 3.04. The van der Waals surface area contributed by atoms with Gasteiger partial charge in [0, 0.05) is 18.9 Å². The zero-order valence-electron chi connectivity index (χ0n) is 16.3. The van der Waals surface area contributed by atoms with Gasteiger partial charge in [-0.1, -0.05) is 57.4 Å². The van der Waals surface area contributed by atoms with Gasteiger partial charge in [-0.25, -0.2) is 0 Å². The molecule has 2 N–H and O–H groups in total. The molecule has 1 heterocycles. The van der Waals surface area contributed by atoms with Crippen molar-refractivity contribution in [1.29, 1.82) is 0 Å². The normalized spacial score (nSPS) is 18.2. The molecule has 3 heteroatoms. The lowest BCUT2D eigenvalue weighted by Gasteiger charge is -2.28. The Hall–Kier alpha value is -2.13. The summed E-state index contributed by atoms with van der Waals surface area (Å²) in [4.78, 5) is 7.03. The molecule has 1 unspecified atom stereocenters. The molecule has 0 radical (unpaired) electrons. The maximum atomic E-state index is 5.71. The largest absolute Gasteiger partial charge is 0.362 e. The molecule has 1 aliphatic rings. The van der Waals surface area contributed by atoms with E-state index in [1.807, 2.05) is 11.9 Å². The summed E-state index contributed by atoms with van der Waals surface area (Å²) in [5, 5.41) is 0. The standard InChI is InChI=1S/C23H31N3/c1-4-6-14-23(13-5-2)22-12-9-19(15-20(22)16-25-23)18-7-10-21(11-8-18)26(3)17-24/h7-12,15-16H,4-6,13-14,17,24H2,1-3H3. The number of benzene rings is 2. The number of unbranched alkanes of at least 4 members (excludes halogenated alkanes) is 1. The summed E-state index contributed by atoms with van der Waals surface area (Å²) < 4.78 is 0. The van der Waals surface area contributed by atoms with Crippen molar-refractivity contribution in [3.05, 3.63) is 53.6 Å². The molecular formula is C23H31N3. The number of hydrogen-bond donors (Lipinski definition) is 1. The zero-order valence-corrected chi connectivity index (χ0v) is 16.3. The highest BCUT2D eigenvalue weighted by atomic mass is 15.1. The molecule has 3 nitrogen and oxygen atoms in total. The van der Waals surface area contributed by atoms with Crippen molar-refractivity contribution in [3.8, 4) is 11.1 Å². The monoisotopic (exact) mass is 349 g/mol. The van der Waals surface area contributed by atoms with Crippen LogP contribution in [-0.4, -0.2) is 19.9 Å². The Bertz CT molecular complexity index is 764. The Morgan fingerprint density at radius 2 is 1.69 bits per heavy atom. The Kier molecular flexibility index (Phi) is 5.77. The number of nitrogens with two attached hydrogens (primary N) is 1. The highest BCUT2D eigenvalue weighted by Crippen LogP contribution is 2.42. The molecule has 0 fully saturated rings. The Labute approximate surface area is 157 Å². The summed E-state index contributed by atoms with van der Waals surface area (Å²) in [6.45, 7) is 5.04. The third-order valence-corrected chi connectivity index (χ3v) is 5.53. The SMILES string of the molecule is CCCCC1(CCC)N=Cc2cc(-c3ccc(N(C)CN)cc3)ccc21. The zero-order chi connectivity index (χ0) is 18.6. The molecule has 0 bridgehead atoms. The van der Waals surface area contributed by atoms with E-state index in [2.05, 4.69) is 62.5 Å². The number of rotatable bonds is 8. The van der Waals surface area contributed by atoms with Gasteiger partial charge in [0.1, 0.15) is 0 Å². The Balaban J connectivity index is 1.89. The van der Waals surface area contributed by atoms with E-state index in [1.165, 1.54) is 41.5 Å². The van der Waals surface area contributed by atoms with Gasteiger partial charge in [-0.3, -0.25) is 4.99 Å². The van der Waals surface area contributed by atoms with Crippen LogP contribution in [0.5, 0.6) is 0 Å². The van der Waals surface area contributed by atoms with E-state index in [9.17, 15) is 0 Å². The number of hydrogen-bond acceptors (Lipinski definition) is 3. The molecule has 1 atom stereocenters. The van der Waals surface area contributed by atoms with Crippen molar-refractivity contribution < 1.29 is 0 Å². The number of nitrogens with zero attached hydrogens (tertiary/aromatic N) is 2. The van der Waals surface area contributed by atoms with Gasteiger partial charge in [-0.05, 0) is 53.3 Å². The third-order valence-electron chi connectivity index (χ3n) is 5.53. The Morgan fingerprint density at radius 1 is 0.962 bits per heavy atom. The van der Waals surface area contributed by atoms with Crippen molar-refractivity contribution in [3.63, 3.8) is 0 Å². The fourth-order valence-electron chi connectivity index (χ4n) is 3.96. The average molecular weight is 350 g/mol. The first-order valence-corrected chi connectivity index (χ1v) is 9.85. The van der Waals surface area contributed by atoms with Gasteiger partial charge in [-0.2, -0.15) is 0 Å². The molecular weight excluding hydrogens is 318 g/mol. The summed E-state index contributed by atoms with van der Waals surface area (Å²) >= 11 is 0. The van der Waals surface area contributed by atoms with Crippen molar-refractivity contribution >= 4 is 11.9 Å².